The average Bonchev–Trinajstić information content (AvgIpc) is 2.18. The van der Waals surface area contributed by atoms with E-state index in [0.29, 0.717) is 12.0 Å². The van der Waals surface area contributed by atoms with Crippen molar-refractivity contribution in [3.8, 4) is 0 Å². The number of piperidine rings is 1. The lowest BCUT2D eigenvalue weighted by Crippen LogP contribution is -2.43. The third-order valence-electron chi connectivity index (χ3n) is 3.29. The smallest absolute Gasteiger partial charge is 0.0193 e. The van der Waals surface area contributed by atoms with Crippen LogP contribution in [0.15, 0.2) is 0 Å². The molecule has 0 amide bonds. The summed E-state index contributed by atoms with van der Waals surface area (Å²) in [5.74, 6) is 0.668. The lowest BCUT2D eigenvalue weighted by Gasteiger charge is -2.30. The Morgan fingerprint density at radius 2 is 1.85 bits per heavy atom. The lowest BCUT2D eigenvalue weighted by atomic mass is 9.99. The third-order valence-corrected chi connectivity index (χ3v) is 3.29. The van der Waals surface area contributed by atoms with Crippen molar-refractivity contribution < 1.29 is 0 Å². The van der Waals surface area contributed by atoms with Crippen molar-refractivity contribution in [2.75, 3.05) is 19.6 Å². The summed E-state index contributed by atoms with van der Waals surface area (Å²) in [4.78, 5) is 2.53. The van der Waals surface area contributed by atoms with Crippen molar-refractivity contribution in [3.63, 3.8) is 0 Å². The van der Waals surface area contributed by atoms with Crippen molar-refractivity contribution in [1.29, 1.82) is 0 Å². The van der Waals surface area contributed by atoms with Gasteiger partial charge in [0.15, 0.2) is 0 Å². The molecule has 0 aliphatic carbocycles. The first kappa shape index (κ1) is 11.0. The van der Waals surface area contributed by atoms with E-state index in [4.69, 9.17) is 5.73 Å². The second kappa shape index (κ2) is 5.61. The van der Waals surface area contributed by atoms with Crippen LogP contribution >= 0.6 is 0 Å². The Morgan fingerprint density at radius 3 is 2.38 bits per heavy atom. The van der Waals surface area contributed by atoms with Crippen LogP contribution in [0, 0.1) is 5.92 Å². The Kier molecular flexibility index (Phi) is 4.74. The lowest BCUT2D eigenvalue weighted by molar-refractivity contribution is 0.198. The monoisotopic (exact) mass is 184 g/mol. The van der Waals surface area contributed by atoms with E-state index in [1.807, 2.05) is 0 Å². The zero-order valence-corrected chi connectivity index (χ0v) is 9.13. The zero-order valence-electron chi connectivity index (χ0n) is 9.13. The Hall–Kier alpha value is -0.0800. The maximum absolute atomic E-state index is 6.12. The molecule has 0 aromatic rings. The summed E-state index contributed by atoms with van der Waals surface area (Å²) in [6, 6.07) is 0.378. The second-order valence-electron chi connectivity index (χ2n) is 4.41. The molecule has 0 aromatic carbocycles. The molecule has 0 radical (unpaired) electrons. The van der Waals surface area contributed by atoms with Crippen molar-refractivity contribution in [2.45, 2.75) is 45.6 Å². The molecule has 1 aliphatic heterocycles. The minimum Gasteiger partial charge on any atom is -0.326 e. The fourth-order valence-corrected chi connectivity index (χ4v) is 1.92. The number of nitrogens with two attached hydrogens (primary N) is 1. The Morgan fingerprint density at radius 1 is 1.23 bits per heavy atom. The van der Waals surface area contributed by atoms with Crippen LogP contribution in [0.5, 0.6) is 0 Å². The van der Waals surface area contributed by atoms with Crippen LogP contribution in [0.25, 0.3) is 0 Å². The van der Waals surface area contributed by atoms with Crippen molar-refractivity contribution in [3.05, 3.63) is 0 Å². The van der Waals surface area contributed by atoms with Gasteiger partial charge in [0.05, 0.1) is 0 Å². The first-order valence-electron chi connectivity index (χ1n) is 5.72. The number of hydrogen-bond donors (Lipinski definition) is 1. The van der Waals surface area contributed by atoms with Crippen molar-refractivity contribution >= 4 is 0 Å². The molecule has 2 nitrogen and oxygen atoms in total. The van der Waals surface area contributed by atoms with Crippen LogP contribution in [0.3, 0.4) is 0 Å². The van der Waals surface area contributed by atoms with E-state index in [9.17, 15) is 0 Å². The van der Waals surface area contributed by atoms with Gasteiger partial charge in [0.25, 0.3) is 0 Å². The molecule has 0 aromatic heterocycles. The van der Waals surface area contributed by atoms with E-state index < -0.39 is 0 Å². The predicted octanol–water partition coefficient (Wildman–Crippen LogP) is 1.85. The Balaban J connectivity index is 2.21. The van der Waals surface area contributed by atoms with Gasteiger partial charge in [0.1, 0.15) is 0 Å². The second-order valence-corrected chi connectivity index (χ2v) is 4.41. The molecule has 1 rings (SSSR count). The highest BCUT2D eigenvalue weighted by molar-refractivity contribution is 4.74. The summed E-state index contributed by atoms with van der Waals surface area (Å²) < 4.78 is 0. The summed E-state index contributed by atoms with van der Waals surface area (Å²) in [6.45, 7) is 8.12. The molecule has 0 saturated carbocycles. The average molecular weight is 184 g/mol. The topological polar surface area (TPSA) is 29.3 Å². The molecule has 0 spiro atoms. The molecule has 2 atom stereocenters. The van der Waals surface area contributed by atoms with Crippen LogP contribution < -0.4 is 5.73 Å². The highest BCUT2D eigenvalue weighted by Gasteiger charge is 2.16. The van der Waals surface area contributed by atoms with Crippen LogP contribution in [0.4, 0.5) is 0 Å². The summed E-state index contributed by atoms with van der Waals surface area (Å²) in [5.41, 5.74) is 6.12. The first-order valence-corrected chi connectivity index (χ1v) is 5.72. The van der Waals surface area contributed by atoms with Crippen LogP contribution in [-0.4, -0.2) is 30.6 Å². The van der Waals surface area contributed by atoms with E-state index in [2.05, 4.69) is 18.7 Å². The van der Waals surface area contributed by atoms with Crippen LogP contribution in [0.1, 0.15) is 39.5 Å². The van der Waals surface area contributed by atoms with Gasteiger partial charge in [-0.05, 0) is 31.8 Å². The van der Waals surface area contributed by atoms with Crippen LogP contribution in [-0.2, 0) is 0 Å². The molecule has 1 aliphatic rings. The van der Waals surface area contributed by atoms with Crippen molar-refractivity contribution in [1.82, 2.24) is 4.90 Å². The van der Waals surface area contributed by atoms with Gasteiger partial charge in [-0.2, -0.15) is 0 Å². The number of rotatable bonds is 4. The number of hydrogen-bond acceptors (Lipinski definition) is 2. The van der Waals surface area contributed by atoms with Gasteiger partial charge in [-0.15, -0.1) is 0 Å². The molecule has 2 heteroatoms. The Bertz CT molecular complexity index is 130. The van der Waals surface area contributed by atoms with Gasteiger partial charge in [0.2, 0.25) is 0 Å². The van der Waals surface area contributed by atoms with Gasteiger partial charge in [-0.25, -0.2) is 0 Å². The summed E-state index contributed by atoms with van der Waals surface area (Å²) in [6.07, 6.45) is 5.35. The molecular formula is C11H24N2. The summed E-state index contributed by atoms with van der Waals surface area (Å²) >= 11 is 0. The highest BCUT2D eigenvalue weighted by Crippen LogP contribution is 2.12. The SMILES string of the molecule is CCC(C)[C@H](N)CN1CCCCC1. The van der Waals surface area contributed by atoms with E-state index in [1.165, 1.54) is 38.8 Å². The zero-order chi connectivity index (χ0) is 9.68. The predicted molar refractivity (Wildman–Crippen MR) is 57.7 cm³/mol. The van der Waals surface area contributed by atoms with Gasteiger partial charge in [-0.3, -0.25) is 0 Å². The molecule has 1 unspecified atom stereocenters. The van der Waals surface area contributed by atoms with Gasteiger partial charge >= 0.3 is 0 Å². The third kappa shape index (κ3) is 3.65. The molecule has 1 saturated heterocycles. The molecule has 13 heavy (non-hydrogen) atoms. The summed E-state index contributed by atoms with van der Waals surface area (Å²) in [5, 5.41) is 0. The standard InChI is InChI=1S/C11H24N2/c1-3-10(2)11(12)9-13-7-5-4-6-8-13/h10-11H,3-9,12H2,1-2H3/t10?,11-/m1/s1. The maximum Gasteiger partial charge on any atom is 0.0193 e. The molecule has 2 N–H and O–H groups in total. The minimum absolute atomic E-state index is 0.378. The van der Waals surface area contributed by atoms with E-state index in [-0.39, 0.29) is 0 Å². The molecular weight excluding hydrogens is 160 g/mol. The van der Waals surface area contributed by atoms with Gasteiger partial charge < -0.3 is 10.6 Å². The van der Waals surface area contributed by atoms with Gasteiger partial charge in [0, 0.05) is 12.6 Å². The normalized spacial score (nSPS) is 24.2. The van der Waals surface area contributed by atoms with E-state index in [0.717, 1.165) is 6.54 Å². The molecule has 0 bridgehead atoms. The fourth-order valence-electron chi connectivity index (χ4n) is 1.92. The Labute approximate surface area is 82.5 Å². The van der Waals surface area contributed by atoms with E-state index >= 15 is 0 Å². The van der Waals surface area contributed by atoms with E-state index in [1.54, 1.807) is 0 Å². The number of likely N-dealkylation sites (tertiary alicyclic amines) is 1. The highest BCUT2D eigenvalue weighted by atomic mass is 15.1. The number of nitrogens with zero attached hydrogens (tertiary/aromatic N) is 1. The summed E-state index contributed by atoms with van der Waals surface area (Å²) in [7, 11) is 0. The molecule has 1 heterocycles. The largest absolute Gasteiger partial charge is 0.326 e. The minimum atomic E-state index is 0.378. The van der Waals surface area contributed by atoms with Gasteiger partial charge in [-0.1, -0.05) is 26.7 Å². The van der Waals surface area contributed by atoms with Crippen LogP contribution in [0.2, 0.25) is 0 Å². The quantitative estimate of drug-likeness (QED) is 0.722. The first-order chi connectivity index (χ1) is 6.24. The molecule has 1 fully saturated rings. The maximum atomic E-state index is 6.12. The van der Waals surface area contributed by atoms with Crippen molar-refractivity contribution in [2.24, 2.45) is 11.7 Å². The molecule has 78 valence electrons. The fraction of sp³-hybridized carbons (Fsp3) is 1.00.